The van der Waals surface area contributed by atoms with Gasteiger partial charge < -0.3 is 9.88 Å². The molecule has 0 saturated carbocycles. The quantitative estimate of drug-likeness (QED) is 0.577. The molecule has 140 valence electrons. The van der Waals surface area contributed by atoms with E-state index in [9.17, 15) is 9.59 Å². The third-order valence-electron chi connectivity index (χ3n) is 4.47. The topological polar surface area (TPSA) is 68.4 Å². The van der Waals surface area contributed by atoms with Crippen LogP contribution >= 0.6 is 11.6 Å². The number of rotatable bonds is 4. The van der Waals surface area contributed by atoms with Gasteiger partial charge in [0.05, 0.1) is 12.1 Å². The first kappa shape index (κ1) is 18.0. The number of hydrogen-bond donors (Lipinski definition) is 1. The highest BCUT2D eigenvalue weighted by Gasteiger charge is 2.10. The molecule has 0 fully saturated rings. The van der Waals surface area contributed by atoms with E-state index in [1.807, 2.05) is 36.4 Å². The summed E-state index contributed by atoms with van der Waals surface area (Å²) in [4.78, 5) is 28.5. The Balaban J connectivity index is 1.54. The second-order valence-electron chi connectivity index (χ2n) is 6.48. The zero-order valence-corrected chi connectivity index (χ0v) is 15.8. The van der Waals surface area contributed by atoms with E-state index in [1.165, 1.54) is 4.57 Å². The van der Waals surface area contributed by atoms with E-state index in [1.54, 1.807) is 42.2 Å². The molecular weight excluding hydrogens is 376 g/mol. The van der Waals surface area contributed by atoms with Crippen molar-refractivity contribution >= 4 is 28.8 Å². The minimum atomic E-state index is -0.153. The van der Waals surface area contributed by atoms with Crippen LogP contribution in [0.25, 0.3) is 16.9 Å². The molecule has 0 saturated heterocycles. The van der Waals surface area contributed by atoms with Gasteiger partial charge >= 0.3 is 0 Å². The number of hydrogen-bond acceptors (Lipinski definition) is 3. The number of fused-ring (bicyclic) bond motifs is 1. The van der Waals surface area contributed by atoms with Gasteiger partial charge in [-0.05, 0) is 29.8 Å². The number of benzene rings is 2. The SMILES string of the molecule is Cn1cc(-c2ccc(NC(=O)Cc3ccc(Cl)cc3)cc2)n2ccnc2c1=O. The van der Waals surface area contributed by atoms with Crippen LogP contribution < -0.4 is 10.9 Å². The van der Waals surface area contributed by atoms with E-state index in [2.05, 4.69) is 10.3 Å². The number of nitrogens with zero attached hydrogens (tertiary/aromatic N) is 3. The summed E-state index contributed by atoms with van der Waals surface area (Å²) in [6, 6.07) is 14.7. The van der Waals surface area contributed by atoms with Crippen molar-refractivity contribution in [2.45, 2.75) is 6.42 Å². The second-order valence-corrected chi connectivity index (χ2v) is 6.92. The maximum absolute atomic E-state index is 12.2. The van der Waals surface area contributed by atoms with Crippen LogP contribution in [-0.2, 0) is 18.3 Å². The van der Waals surface area contributed by atoms with Gasteiger partial charge in [0.2, 0.25) is 11.6 Å². The van der Waals surface area contributed by atoms with Gasteiger partial charge in [-0.3, -0.25) is 14.0 Å². The summed E-state index contributed by atoms with van der Waals surface area (Å²) >= 11 is 5.87. The summed E-state index contributed by atoms with van der Waals surface area (Å²) in [5.41, 5.74) is 3.57. The number of halogens is 1. The number of carbonyl (C=O) groups excluding carboxylic acids is 1. The molecule has 2 aromatic heterocycles. The van der Waals surface area contributed by atoms with Gasteiger partial charge in [-0.25, -0.2) is 4.98 Å². The molecule has 2 aromatic carbocycles. The molecule has 0 bridgehead atoms. The van der Waals surface area contributed by atoms with Gasteiger partial charge in [0.15, 0.2) is 0 Å². The van der Waals surface area contributed by atoms with Crippen molar-refractivity contribution in [2.75, 3.05) is 5.32 Å². The van der Waals surface area contributed by atoms with E-state index in [-0.39, 0.29) is 17.9 Å². The fraction of sp³-hybridized carbons (Fsp3) is 0.0952. The molecule has 0 unspecified atom stereocenters. The van der Waals surface area contributed by atoms with Gasteiger partial charge in [-0.15, -0.1) is 0 Å². The number of nitrogens with one attached hydrogen (secondary N) is 1. The highest BCUT2D eigenvalue weighted by atomic mass is 35.5. The molecular formula is C21H17ClN4O2. The molecule has 4 rings (SSSR count). The summed E-state index contributed by atoms with van der Waals surface area (Å²) in [6.45, 7) is 0. The zero-order chi connectivity index (χ0) is 19.7. The normalized spacial score (nSPS) is 10.9. The Hall–Kier alpha value is -3.38. The molecule has 0 aliphatic heterocycles. The van der Waals surface area contributed by atoms with Gasteiger partial charge in [-0.2, -0.15) is 0 Å². The molecule has 0 radical (unpaired) electrons. The van der Waals surface area contributed by atoms with E-state index < -0.39 is 0 Å². The summed E-state index contributed by atoms with van der Waals surface area (Å²) in [5, 5.41) is 3.53. The predicted molar refractivity (Wildman–Crippen MR) is 110 cm³/mol. The van der Waals surface area contributed by atoms with Crippen LogP contribution in [0.3, 0.4) is 0 Å². The van der Waals surface area contributed by atoms with Gasteiger partial charge in [0.25, 0.3) is 5.56 Å². The molecule has 7 heteroatoms. The highest BCUT2D eigenvalue weighted by Crippen LogP contribution is 2.21. The lowest BCUT2D eigenvalue weighted by atomic mass is 10.1. The number of imidazole rings is 1. The average Bonchev–Trinajstić information content (AvgIpc) is 3.17. The van der Waals surface area contributed by atoms with Crippen molar-refractivity contribution in [3.8, 4) is 11.3 Å². The molecule has 6 nitrogen and oxygen atoms in total. The lowest BCUT2D eigenvalue weighted by Crippen LogP contribution is -2.19. The van der Waals surface area contributed by atoms with Crippen LogP contribution in [0.4, 0.5) is 5.69 Å². The van der Waals surface area contributed by atoms with Crippen LogP contribution in [0.2, 0.25) is 5.02 Å². The molecule has 0 aliphatic carbocycles. The lowest BCUT2D eigenvalue weighted by molar-refractivity contribution is -0.115. The van der Waals surface area contributed by atoms with Crippen LogP contribution in [-0.4, -0.2) is 19.9 Å². The summed E-state index contributed by atoms with van der Waals surface area (Å²) < 4.78 is 3.27. The van der Waals surface area contributed by atoms with E-state index in [0.29, 0.717) is 16.4 Å². The van der Waals surface area contributed by atoms with Gasteiger partial charge in [0.1, 0.15) is 0 Å². The van der Waals surface area contributed by atoms with Crippen LogP contribution in [0.5, 0.6) is 0 Å². The molecule has 1 N–H and O–H groups in total. The number of aryl methyl sites for hydroxylation is 1. The number of carbonyl (C=O) groups is 1. The first-order valence-electron chi connectivity index (χ1n) is 8.69. The van der Waals surface area contributed by atoms with Crippen LogP contribution in [0.1, 0.15) is 5.56 Å². The van der Waals surface area contributed by atoms with Crippen molar-refractivity contribution in [1.82, 2.24) is 14.0 Å². The Morgan fingerprint density at radius 2 is 1.82 bits per heavy atom. The van der Waals surface area contributed by atoms with E-state index in [4.69, 9.17) is 11.6 Å². The Kier molecular flexibility index (Phi) is 4.71. The van der Waals surface area contributed by atoms with Gasteiger partial charge in [0, 0.05) is 41.9 Å². The first-order chi connectivity index (χ1) is 13.5. The Bertz CT molecular complexity index is 1210. The minimum absolute atomic E-state index is 0.103. The van der Waals surface area contributed by atoms with E-state index in [0.717, 1.165) is 16.8 Å². The lowest BCUT2D eigenvalue weighted by Gasteiger charge is -2.10. The smallest absolute Gasteiger partial charge is 0.293 e. The predicted octanol–water partition coefficient (Wildman–Crippen LogP) is 3.53. The molecule has 0 aliphatic rings. The van der Waals surface area contributed by atoms with Crippen molar-refractivity contribution in [1.29, 1.82) is 0 Å². The Morgan fingerprint density at radius 3 is 2.54 bits per heavy atom. The van der Waals surface area contributed by atoms with Crippen molar-refractivity contribution in [3.63, 3.8) is 0 Å². The first-order valence-corrected chi connectivity index (χ1v) is 9.06. The highest BCUT2D eigenvalue weighted by molar-refractivity contribution is 6.30. The van der Waals surface area contributed by atoms with Crippen molar-refractivity contribution < 1.29 is 4.79 Å². The Labute approximate surface area is 166 Å². The Morgan fingerprint density at radius 1 is 1.11 bits per heavy atom. The van der Waals surface area contributed by atoms with Crippen LogP contribution in [0, 0.1) is 0 Å². The fourth-order valence-corrected chi connectivity index (χ4v) is 3.17. The second kappa shape index (κ2) is 7.32. The standard InChI is InChI=1S/C21H17ClN4O2/c1-25-13-18(26-11-10-23-20(26)21(25)28)15-4-8-17(9-5-15)24-19(27)12-14-2-6-16(22)7-3-14/h2-11,13H,12H2,1H3,(H,24,27). The summed E-state index contributed by atoms with van der Waals surface area (Å²) in [7, 11) is 1.70. The monoisotopic (exact) mass is 392 g/mol. The van der Waals surface area contributed by atoms with Crippen molar-refractivity contribution in [3.05, 3.63) is 88.1 Å². The molecule has 4 aromatic rings. The van der Waals surface area contributed by atoms with Gasteiger partial charge in [-0.1, -0.05) is 35.9 Å². The summed E-state index contributed by atoms with van der Waals surface area (Å²) in [5.74, 6) is -0.103. The molecule has 1 amide bonds. The maximum Gasteiger partial charge on any atom is 0.293 e. The molecule has 0 spiro atoms. The maximum atomic E-state index is 12.2. The third kappa shape index (κ3) is 3.54. The third-order valence-corrected chi connectivity index (χ3v) is 4.72. The fourth-order valence-electron chi connectivity index (χ4n) is 3.05. The average molecular weight is 393 g/mol. The van der Waals surface area contributed by atoms with Crippen LogP contribution in [0.15, 0.2) is 71.9 Å². The summed E-state index contributed by atoms with van der Waals surface area (Å²) in [6.07, 6.45) is 5.40. The number of anilines is 1. The molecule has 0 atom stereocenters. The van der Waals surface area contributed by atoms with Crippen molar-refractivity contribution in [2.24, 2.45) is 7.05 Å². The number of aromatic nitrogens is 3. The number of amides is 1. The minimum Gasteiger partial charge on any atom is -0.326 e. The zero-order valence-electron chi connectivity index (χ0n) is 15.1. The largest absolute Gasteiger partial charge is 0.326 e. The molecule has 28 heavy (non-hydrogen) atoms. The van der Waals surface area contributed by atoms with E-state index >= 15 is 0 Å². The molecule has 2 heterocycles.